The quantitative estimate of drug-likeness (QED) is 0.620. The van der Waals surface area contributed by atoms with Gasteiger partial charge in [0, 0.05) is 24.7 Å². The molecule has 1 aromatic carbocycles. The summed E-state index contributed by atoms with van der Waals surface area (Å²) in [7, 11) is 0. The Kier molecular flexibility index (Phi) is 3.67. The molecular formula is C14H21N3. The smallest absolute Gasteiger partial charge is 0.0952 e. The Morgan fingerprint density at radius 1 is 1.41 bits per heavy atom. The van der Waals surface area contributed by atoms with Crippen LogP contribution in [-0.4, -0.2) is 18.9 Å². The van der Waals surface area contributed by atoms with E-state index >= 15 is 0 Å². The summed E-state index contributed by atoms with van der Waals surface area (Å²) in [6, 6.07) is 8.60. The lowest BCUT2D eigenvalue weighted by atomic mass is 10.1. The zero-order valence-electron chi connectivity index (χ0n) is 10.4. The summed E-state index contributed by atoms with van der Waals surface area (Å²) in [5.41, 5.74) is 8.33. The number of para-hydroxylation sites is 1. The fourth-order valence-corrected chi connectivity index (χ4v) is 2.39. The Morgan fingerprint density at radius 2 is 2.18 bits per heavy atom. The van der Waals surface area contributed by atoms with Crippen LogP contribution in [0.1, 0.15) is 25.3 Å². The average molecular weight is 231 g/mol. The van der Waals surface area contributed by atoms with Crippen LogP contribution in [0.5, 0.6) is 0 Å². The van der Waals surface area contributed by atoms with Gasteiger partial charge in [0.25, 0.3) is 0 Å². The molecule has 1 aliphatic heterocycles. The molecule has 2 rings (SSSR count). The Hall–Kier alpha value is -1.51. The van der Waals surface area contributed by atoms with Crippen LogP contribution in [0.2, 0.25) is 0 Å². The minimum atomic E-state index is 0.126. The van der Waals surface area contributed by atoms with E-state index in [1.807, 2.05) is 6.92 Å². The SMILES string of the molecule is CC(CN1CCCCc2ccccc21)C(=N)N. The van der Waals surface area contributed by atoms with Crippen molar-refractivity contribution in [2.75, 3.05) is 18.0 Å². The molecule has 3 nitrogen and oxygen atoms in total. The predicted octanol–water partition coefficient (Wildman–Crippen LogP) is 2.40. The largest absolute Gasteiger partial charge is 0.387 e. The van der Waals surface area contributed by atoms with Crippen molar-refractivity contribution in [2.45, 2.75) is 26.2 Å². The number of hydrogen-bond acceptors (Lipinski definition) is 2. The highest BCUT2D eigenvalue weighted by Gasteiger charge is 2.17. The van der Waals surface area contributed by atoms with Crippen molar-refractivity contribution in [3.05, 3.63) is 29.8 Å². The number of benzene rings is 1. The van der Waals surface area contributed by atoms with Gasteiger partial charge in [0.1, 0.15) is 0 Å². The van der Waals surface area contributed by atoms with Gasteiger partial charge >= 0.3 is 0 Å². The number of nitrogens with one attached hydrogen (secondary N) is 1. The molecule has 0 saturated carbocycles. The number of amidine groups is 1. The molecule has 1 heterocycles. The van der Waals surface area contributed by atoms with Gasteiger partial charge in [-0.3, -0.25) is 5.41 Å². The molecule has 0 saturated heterocycles. The first-order valence-electron chi connectivity index (χ1n) is 6.35. The van der Waals surface area contributed by atoms with E-state index in [1.54, 1.807) is 0 Å². The van der Waals surface area contributed by atoms with Gasteiger partial charge in [0.2, 0.25) is 0 Å². The third-order valence-electron chi connectivity index (χ3n) is 3.48. The molecular weight excluding hydrogens is 210 g/mol. The maximum absolute atomic E-state index is 7.51. The minimum Gasteiger partial charge on any atom is -0.387 e. The number of rotatable bonds is 3. The third kappa shape index (κ3) is 2.78. The normalized spacial score (nSPS) is 17.1. The Bertz CT molecular complexity index is 400. The van der Waals surface area contributed by atoms with Crippen LogP contribution in [0.4, 0.5) is 5.69 Å². The molecule has 1 unspecified atom stereocenters. The lowest BCUT2D eigenvalue weighted by molar-refractivity contribution is 0.658. The first-order chi connectivity index (χ1) is 8.18. The lowest BCUT2D eigenvalue weighted by Gasteiger charge is -2.27. The molecule has 3 N–H and O–H groups in total. The Morgan fingerprint density at radius 3 is 2.94 bits per heavy atom. The topological polar surface area (TPSA) is 53.1 Å². The van der Waals surface area contributed by atoms with Crippen molar-refractivity contribution in [3.8, 4) is 0 Å². The first-order valence-corrected chi connectivity index (χ1v) is 6.35. The van der Waals surface area contributed by atoms with E-state index < -0.39 is 0 Å². The first kappa shape index (κ1) is 12.0. The molecule has 1 aromatic rings. The summed E-state index contributed by atoms with van der Waals surface area (Å²) >= 11 is 0. The van der Waals surface area contributed by atoms with E-state index in [0.717, 1.165) is 13.1 Å². The number of aryl methyl sites for hydroxylation is 1. The van der Waals surface area contributed by atoms with Gasteiger partial charge in [0.05, 0.1) is 5.84 Å². The van der Waals surface area contributed by atoms with Gasteiger partial charge in [-0.15, -0.1) is 0 Å². The minimum absolute atomic E-state index is 0.126. The third-order valence-corrected chi connectivity index (χ3v) is 3.48. The lowest BCUT2D eigenvalue weighted by Crippen LogP contribution is -2.35. The van der Waals surface area contributed by atoms with E-state index in [4.69, 9.17) is 11.1 Å². The molecule has 0 spiro atoms. The molecule has 0 radical (unpaired) electrons. The molecule has 17 heavy (non-hydrogen) atoms. The summed E-state index contributed by atoms with van der Waals surface area (Å²) in [6.45, 7) is 3.96. The van der Waals surface area contributed by atoms with Crippen LogP contribution in [0.15, 0.2) is 24.3 Å². The highest BCUT2D eigenvalue weighted by atomic mass is 15.1. The van der Waals surface area contributed by atoms with Gasteiger partial charge in [-0.1, -0.05) is 25.1 Å². The van der Waals surface area contributed by atoms with Crippen LogP contribution < -0.4 is 10.6 Å². The van der Waals surface area contributed by atoms with Crippen molar-refractivity contribution >= 4 is 11.5 Å². The highest BCUT2D eigenvalue weighted by molar-refractivity contribution is 5.80. The van der Waals surface area contributed by atoms with Gasteiger partial charge in [-0.05, 0) is 30.9 Å². The highest BCUT2D eigenvalue weighted by Crippen LogP contribution is 2.26. The number of nitrogens with zero attached hydrogens (tertiary/aromatic N) is 1. The van der Waals surface area contributed by atoms with E-state index in [9.17, 15) is 0 Å². The number of anilines is 1. The maximum atomic E-state index is 7.51. The Labute approximate surface area is 103 Å². The summed E-state index contributed by atoms with van der Waals surface area (Å²) < 4.78 is 0. The van der Waals surface area contributed by atoms with Crippen molar-refractivity contribution in [1.29, 1.82) is 5.41 Å². The van der Waals surface area contributed by atoms with E-state index in [0.29, 0.717) is 0 Å². The van der Waals surface area contributed by atoms with Crippen LogP contribution in [-0.2, 0) is 6.42 Å². The van der Waals surface area contributed by atoms with E-state index in [2.05, 4.69) is 29.2 Å². The van der Waals surface area contributed by atoms with E-state index in [1.165, 1.54) is 30.5 Å². The van der Waals surface area contributed by atoms with E-state index in [-0.39, 0.29) is 11.8 Å². The second-order valence-electron chi connectivity index (χ2n) is 4.89. The van der Waals surface area contributed by atoms with Crippen molar-refractivity contribution in [3.63, 3.8) is 0 Å². The van der Waals surface area contributed by atoms with Crippen molar-refractivity contribution in [2.24, 2.45) is 11.7 Å². The molecule has 92 valence electrons. The number of fused-ring (bicyclic) bond motifs is 1. The summed E-state index contributed by atoms with van der Waals surface area (Å²) in [5.74, 6) is 0.410. The molecule has 0 bridgehead atoms. The van der Waals surface area contributed by atoms with Crippen LogP contribution in [0.3, 0.4) is 0 Å². The van der Waals surface area contributed by atoms with Crippen LogP contribution >= 0.6 is 0 Å². The number of nitrogens with two attached hydrogens (primary N) is 1. The molecule has 0 amide bonds. The molecule has 1 aliphatic rings. The average Bonchev–Trinajstić information content (AvgIpc) is 2.52. The Balaban J connectivity index is 2.20. The second-order valence-corrected chi connectivity index (χ2v) is 4.89. The second kappa shape index (κ2) is 5.21. The zero-order chi connectivity index (χ0) is 12.3. The molecule has 0 aromatic heterocycles. The van der Waals surface area contributed by atoms with Crippen LogP contribution in [0, 0.1) is 11.3 Å². The molecule has 0 aliphatic carbocycles. The predicted molar refractivity (Wildman–Crippen MR) is 72.7 cm³/mol. The molecule has 0 fully saturated rings. The fraction of sp³-hybridized carbons (Fsp3) is 0.500. The summed E-state index contributed by atoms with van der Waals surface area (Å²) in [4.78, 5) is 2.38. The molecule has 3 heteroatoms. The standard InChI is InChI=1S/C14H21N3/c1-11(14(15)16)10-17-9-5-4-7-12-6-2-3-8-13(12)17/h2-3,6,8,11H,4-5,7,9-10H2,1H3,(H3,15,16). The monoisotopic (exact) mass is 231 g/mol. The molecule has 1 atom stereocenters. The van der Waals surface area contributed by atoms with Gasteiger partial charge in [-0.25, -0.2) is 0 Å². The van der Waals surface area contributed by atoms with Crippen LogP contribution in [0.25, 0.3) is 0 Å². The van der Waals surface area contributed by atoms with Crippen molar-refractivity contribution < 1.29 is 0 Å². The fourth-order valence-electron chi connectivity index (χ4n) is 2.39. The van der Waals surface area contributed by atoms with Gasteiger partial charge in [0.15, 0.2) is 0 Å². The van der Waals surface area contributed by atoms with Crippen molar-refractivity contribution in [1.82, 2.24) is 0 Å². The maximum Gasteiger partial charge on any atom is 0.0952 e. The van der Waals surface area contributed by atoms with Gasteiger partial charge < -0.3 is 10.6 Å². The summed E-state index contributed by atoms with van der Waals surface area (Å²) in [5, 5.41) is 7.51. The zero-order valence-corrected chi connectivity index (χ0v) is 10.4. The van der Waals surface area contributed by atoms with Gasteiger partial charge in [-0.2, -0.15) is 0 Å². The summed E-state index contributed by atoms with van der Waals surface area (Å²) in [6.07, 6.45) is 3.64. The number of hydrogen-bond donors (Lipinski definition) is 2.